The monoisotopic (exact) mass is 155 g/mol. The van der Waals surface area contributed by atoms with Crippen LogP contribution >= 0.6 is 0 Å². The summed E-state index contributed by atoms with van der Waals surface area (Å²) in [6.07, 6.45) is 2.20. The molecule has 0 amide bonds. The Morgan fingerprint density at radius 1 is 1.55 bits per heavy atom. The van der Waals surface area contributed by atoms with E-state index in [-0.39, 0.29) is 5.92 Å². The molecule has 1 saturated carbocycles. The summed E-state index contributed by atoms with van der Waals surface area (Å²) >= 11 is 0. The molecule has 2 heteroatoms. The van der Waals surface area contributed by atoms with Gasteiger partial charge in [0.15, 0.2) is 0 Å². The largest absolute Gasteiger partial charge is 0.330 e. The molecule has 0 spiro atoms. The normalized spacial score (nSPS) is 20.4. The van der Waals surface area contributed by atoms with E-state index in [2.05, 4.69) is 13.8 Å². The summed E-state index contributed by atoms with van der Waals surface area (Å²) in [6.45, 7) is 4.66. The number of rotatable bonds is 4. The minimum absolute atomic E-state index is 0.113. The first-order valence-electron chi connectivity index (χ1n) is 4.40. The van der Waals surface area contributed by atoms with Crippen molar-refractivity contribution in [1.82, 2.24) is 0 Å². The van der Waals surface area contributed by atoms with Crippen LogP contribution in [-0.4, -0.2) is 12.3 Å². The lowest BCUT2D eigenvalue weighted by Crippen LogP contribution is -2.29. The fourth-order valence-corrected chi connectivity index (χ4v) is 1.39. The third-order valence-corrected chi connectivity index (χ3v) is 2.40. The van der Waals surface area contributed by atoms with Crippen molar-refractivity contribution in [1.29, 1.82) is 0 Å². The highest BCUT2D eigenvalue weighted by Crippen LogP contribution is 2.33. The Labute approximate surface area is 68.2 Å². The second-order valence-corrected chi connectivity index (χ2v) is 3.76. The molecule has 11 heavy (non-hydrogen) atoms. The predicted octanol–water partition coefficient (Wildman–Crippen LogP) is 1.20. The highest BCUT2D eigenvalue weighted by molar-refractivity contribution is 5.85. The van der Waals surface area contributed by atoms with Crippen molar-refractivity contribution in [3.63, 3.8) is 0 Å². The summed E-state index contributed by atoms with van der Waals surface area (Å²) in [7, 11) is 0. The molecule has 1 aliphatic carbocycles. The van der Waals surface area contributed by atoms with Gasteiger partial charge in [0.05, 0.1) is 0 Å². The van der Waals surface area contributed by atoms with Crippen LogP contribution in [-0.2, 0) is 4.79 Å². The molecular formula is C9H17NO. The van der Waals surface area contributed by atoms with Crippen molar-refractivity contribution < 1.29 is 4.79 Å². The van der Waals surface area contributed by atoms with Crippen LogP contribution in [0.25, 0.3) is 0 Å². The predicted molar refractivity (Wildman–Crippen MR) is 45.1 cm³/mol. The molecule has 0 aromatic heterocycles. The summed E-state index contributed by atoms with van der Waals surface area (Å²) < 4.78 is 0. The van der Waals surface area contributed by atoms with Gasteiger partial charge < -0.3 is 5.73 Å². The van der Waals surface area contributed by atoms with Crippen LogP contribution in [0.3, 0.4) is 0 Å². The van der Waals surface area contributed by atoms with Gasteiger partial charge in [-0.1, -0.05) is 13.8 Å². The minimum Gasteiger partial charge on any atom is -0.330 e. The first-order chi connectivity index (χ1) is 5.16. The molecule has 0 heterocycles. The van der Waals surface area contributed by atoms with Crippen LogP contribution in [0.5, 0.6) is 0 Å². The maximum absolute atomic E-state index is 11.5. The Balaban J connectivity index is 2.45. The fourth-order valence-electron chi connectivity index (χ4n) is 1.39. The van der Waals surface area contributed by atoms with Gasteiger partial charge in [-0.05, 0) is 18.8 Å². The molecule has 0 saturated heterocycles. The molecular weight excluding hydrogens is 138 g/mol. The zero-order valence-electron chi connectivity index (χ0n) is 7.34. The molecule has 1 fully saturated rings. The molecule has 0 aromatic rings. The molecule has 0 aliphatic heterocycles. The van der Waals surface area contributed by atoms with Crippen molar-refractivity contribution in [2.24, 2.45) is 23.5 Å². The van der Waals surface area contributed by atoms with E-state index < -0.39 is 0 Å². The van der Waals surface area contributed by atoms with Crippen LogP contribution in [0, 0.1) is 17.8 Å². The molecule has 0 radical (unpaired) electrons. The average Bonchev–Trinajstić information content (AvgIpc) is 2.68. The number of hydrogen-bond donors (Lipinski definition) is 1. The van der Waals surface area contributed by atoms with Crippen LogP contribution in [0.1, 0.15) is 26.7 Å². The maximum atomic E-state index is 11.5. The number of nitrogens with two attached hydrogens (primary N) is 1. The van der Waals surface area contributed by atoms with E-state index in [4.69, 9.17) is 5.73 Å². The van der Waals surface area contributed by atoms with Crippen LogP contribution in [0.15, 0.2) is 0 Å². The zero-order valence-corrected chi connectivity index (χ0v) is 7.34. The number of hydrogen-bond acceptors (Lipinski definition) is 2. The topological polar surface area (TPSA) is 43.1 Å². The lowest BCUT2D eigenvalue weighted by Gasteiger charge is -2.16. The van der Waals surface area contributed by atoms with Crippen LogP contribution in [0.2, 0.25) is 0 Å². The number of carbonyl (C=O) groups is 1. The van der Waals surface area contributed by atoms with Gasteiger partial charge in [-0.15, -0.1) is 0 Å². The molecule has 64 valence electrons. The van der Waals surface area contributed by atoms with Crippen molar-refractivity contribution in [2.75, 3.05) is 6.54 Å². The van der Waals surface area contributed by atoms with Gasteiger partial charge in [0.25, 0.3) is 0 Å². The Kier molecular flexibility index (Phi) is 2.66. The molecule has 1 aliphatic rings. The third kappa shape index (κ3) is 2.03. The average molecular weight is 155 g/mol. The molecule has 2 N–H and O–H groups in total. The third-order valence-electron chi connectivity index (χ3n) is 2.40. The highest BCUT2D eigenvalue weighted by atomic mass is 16.1. The van der Waals surface area contributed by atoms with Crippen molar-refractivity contribution in [3.05, 3.63) is 0 Å². The number of ketones is 1. The molecule has 0 bridgehead atoms. The second-order valence-electron chi connectivity index (χ2n) is 3.76. The van der Waals surface area contributed by atoms with E-state index in [0.29, 0.717) is 24.2 Å². The van der Waals surface area contributed by atoms with Gasteiger partial charge in [0.1, 0.15) is 5.78 Å². The van der Waals surface area contributed by atoms with Gasteiger partial charge in [0, 0.05) is 18.4 Å². The summed E-state index contributed by atoms with van der Waals surface area (Å²) in [6, 6.07) is 0. The summed E-state index contributed by atoms with van der Waals surface area (Å²) in [5.74, 6) is 1.30. The van der Waals surface area contributed by atoms with E-state index in [9.17, 15) is 4.79 Å². The van der Waals surface area contributed by atoms with Crippen molar-refractivity contribution >= 4 is 5.78 Å². The van der Waals surface area contributed by atoms with Gasteiger partial charge in [0.2, 0.25) is 0 Å². The molecule has 2 nitrogen and oxygen atoms in total. The van der Waals surface area contributed by atoms with Gasteiger partial charge in [-0.3, -0.25) is 4.79 Å². The van der Waals surface area contributed by atoms with E-state index in [0.717, 1.165) is 12.8 Å². The Bertz CT molecular complexity index is 150. The Hall–Kier alpha value is -0.370. The summed E-state index contributed by atoms with van der Waals surface area (Å²) in [5, 5.41) is 0. The molecule has 1 unspecified atom stereocenters. The van der Waals surface area contributed by atoms with Crippen molar-refractivity contribution in [3.8, 4) is 0 Å². The summed E-state index contributed by atoms with van der Waals surface area (Å²) in [4.78, 5) is 11.5. The second kappa shape index (κ2) is 3.35. The molecule has 1 rings (SSSR count). The molecule has 0 aromatic carbocycles. The number of Topliss-reactive ketones (excluding diaryl/α,β-unsaturated/α-hetero) is 1. The van der Waals surface area contributed by atoms with E-state index >= 15 is 0 Å². The lowest BCUT2D eigenvalue weighted by atomic mass is 9.89. The Morgan fingerprint density at radius 2 is 2.09 bits per heavy atom. The lowest BCUT2D eigenvalue weighted by molar-refractivity contribution is -0.125. The maximum Gasteiger partial charge on any atom is 0.140 e. The smallest absolute Gasteiger partial charge is 0.140 e. The Morgan fingerprint density at radius 3 is 2.36 bits per heavy atom. The van der Waals surface area contributed by atoms with Gasteiger partial charge in [-0.25, -0.2) is 0 Å². The van der Waals surface area contributed by atoms with Crippen molar-refractivity contribution in [2.45, 2.75) is 26.7 Å². The standard InChI is InChI=1S/C9H17NO/c1-6(2)8(5-10)9(11)7-3-4-7/h6-8H,3-5,10H2,1-2H3. The van der Waals surface area contributed by atoms with Crippen LogP contribution in [0.4, 0.5) is 0 Å². The zero-order chi connectivity index (χ0) is 8.43. The first kappa shape index (κ1) is 8.72. The highest BCUT2D eigenvalue weighted by Gasteiger charge is 2.35. The number of carbonyl (C=O) groups excluding carboxylic acids is 1. The van der Waals surface area contributed by atoms with E-state index in [1.165, 1.54) is 0 Å². The van der Waals surface area contributed by atoms with E-state index in [1.807, 2.05) is 0 Å². The molecule has 1 atom stereocenters. The van der Waals surface area contributed by atoms with Gasteiger partial charge in [-0.2, -0.15) is 0 Å². The SMILES string of the molecule is CC(C)C(CN)C(=O)C1CC1. The first-order valence-corrected chi connectivity index (χ1v) is 4.40. The minimum atomic E-state index is 0.113. The van der Waals surface area contributed by atoms with Gasteiger partial charge >= 0.3 is 0 Å². The quantitative estimate of drug-likeness (QED) is 0.662. The fraction of sp³-hybridized carbons (Fsp3) is 0.889. The summed E-state index contributed by atoms with van der Waals surface area (Å²) in [5.41, 5.74) is 5.52. The van der Waals surface area contributed by atoms with Crippen LogP contribution < -0.4 is 5.73 Å². The van der Waals surface area contributed by atoms with E-state index in [1.54, 1.807) is 0 Å².